The predicted octanol–water partition coefficient (Wildman–Crippen LogP) is 3.59. The van der Waals surface area contributed by atoms with E-state index in [4.69, 9.17) is 0 Å². The Labute approximate surface area is 116 Å². The lowest BCUT2D eigenvalue weighted by Gasteiger charge is -2.23. The predicted molar refractivity (Wildman–Crippen MR) is 83.7 cm³/mol. The largest absolute Gasteiger partial charge is 0.295 e. The molecule has 1 nitrogen and oxygen atoms in total. The highest BCUT2D eigenvalue weighted by molar-refractivity contribution is 6.89. The van der Waals surface area contributed by atoms with Gasteiger partial charge in [-0.05, 0) is 13.0 Å². The summed E-state index contributed by atoms with van der Waals surface area (Å²) in [5, 5.41) is 1.48. The molecule has 0 heterocycles. The number of Topliss-reactive ketones (excluding diaryl/α,β-unsaturated/α-hetero) is 1. The molecule has 0 aliphatic rings. The molecule has 98 valence electrons. The van der Waals surface area contributed by atoms with Crippen molar-refractivity contribution in [3.05, 3.63) is 65.7 Å². The van der Waals surface area contributed by atoms with Crippen LogP contribution in [0, 0.1) is 0 Å². The van der Waals surface area contributed by atoms with Crippen LogP contribution in [0.25, 0.3) is 0 Å². The summed E-state index contributed by atoms with van der Waals surface area (Å²) >= 11 is 0. The van der Waals surface area contributed by atoms with Crippen molar-refractivity contribution in [2.75, 3.05) is 0 Å². The van der Waals surface area contributed by atoms with Gasteiger partial charge in [-0.25, -0.2) is 0 Å². The van der Waals surface area contributed by atoms with E-state index < -0.39 is 8.07 Å². The van der Waals surface area contributed by atoms with Crippen molar-refractivity contribution >= 4 is 19.0 Å². The standard InChI is InChI=1S/C17H20OSi/c1-14(18)16-11-9-15(10-12-16)13-19(2,3)17-7-5-4-6-8-17/h4-12H,13H2,1-3H3. The fraction of sp³-hybridized carbons (Fsp3) is 0.235. The van der Waals surface area contributed by atoms with Crippen molar-refractivity contribution in [1.82, 2.24) is 0 Å². The molecule has 2 rings (SSSR count). The van der Waals surface area contributed by atoms with Gasteiger partial charge in [0.05, 0.1) is 8.07 Å². The van der Waals surface area contributed by atoms with Crippen LogP contribution in [0.2, 0.25) is 13.1 Å². The number of ketones is 1. The minimum atomic E-state index is -1.45. The van der Waals surface area contributed by atoms with Gasteiger partial charge in [0.1, 0.15) is 0 Å². The van der Waals surface area contributed by atoms with Crippen LogP contribution in [0.1, 0.15) is 22.8 Å². The highest BCUT2D eigenvalue weighted by atomic mass is 28.3. The van der Waals surface area contributed by atoms with Crippen molar-refractivity contribution in [1.29, 1.82) is 0 Å². The molecule has 2 heteroatoms. The Hall–Kier alpha value is -1.67. The minimum Gasteiger partial charge on any atom is -0.295 e. The topological polar surface area (TPSA) is 17.1 Å². The summed E-state index contributed by atoms with van der Waals surface area (Å²) in [7, 11) is -1.45. The minimum absolute atomic E-state index is 0.131. The average Bonchev–Trinajstić information content (AvgIpc) is 2.40. The number of carbonyl (C=O) groups is 1. The summed E-state index contributed by atoms with van der Waals surface area (Å²) in [6, 6.07) is 19.9. The first-order valence-electron chi connectivity index (χ1n) is 6.64. The first-order chi connectivity index (χ1) is 8.99. The Morgan fingerprint density at radius 2 is 1.53 bits per heavy atom. The van der Waals surface area contributed by atoms with E-state index in [-0.39, 0.29) is 5.78 Å². The molecule has 0 unspecified atom stereocenters. The summed E-state index contributed by atoms with van der Waals surface area (Å²) in [5.74, 6) is 0.131. The molecule has 2 aromatic carbocycles. The number of benzene rings is 2. The molecule has 0 radical (unpaired) electrons. The van der Waals surface area contributed by atoms with Crippen LogP contribution >= 0.6 is 0 Å². The second-order valence-electron chi connectivity index (χ2n) is 5.68. The summed E-state index contributed by atoms with van der Waals surface area (Å²) < 4.78 is 0. The van der Waals surface area contributed by atoms with Gasteiger partial charge in [-0.3, -0.25) is 4.79 Å². The van der Waals surface area contributed by atoms with Gasteiger partial charge < -0.3 is 0 Å². The van der Waals surface area contributed by atoms with Gasteiger partial charge >= 0.3 is 0 Å². The fourth-order valence-electron chi connectivity index (χ4n) is 2.36. The number of rotatable bonds is 4. The Kier molecular flexibility index (Phi) is 4.01. The molecule has 0 bridgehead atoms. The number of carbonyl (C=O) groups excluding carboxylic acids is 1. The smallest absolute Gasteiger partial charge is 0.159 e. The molecule has 0 N–H and O–H groups in total. The third kappa shape index (κ3) is 3.41. The lowest BCUT2D eigenvalue weighted by Crippen LogP contribution is -2.43. The molecule has 0 aliphatic carbocycles. The monoisotopic (exact) mass is 268 g/mol. The lowest BCUT2D eigenvalue weighted by atomic mass is 10.1. The maximum atomic E-state index is 11.3. The Bertz CT molecular complexity index is 556. The zero-order valence-corrected chi connectivity index (χ0v) is 12.8. The number of hydrogen-bond donors (Lipinski definition) is 0. The van der Waals surface area contributed by atoms with Gasteiger partial charge in [0.15, 0.2) is 5.78 Å². The van der Waals surface area contributed by atoms with E-state index in [1.165, 1.54) is 10.8 Å². The average molecular weight is 268 g/mol. The van der Waals surface area contributed by atoms with E-state index in [1.54, 1.807) is 6.92 Å². The molecule has 0 saturated carbocycles. The SMILES string of the molecule is CC(=O)c1ccc(C[Si](C)(C)c2ccccc2)cc1. The molecule has 0 spiro atoms. The Balaban J connectivity index is 2.18. The van der Waals surface area contributed by atoms with Crippen LogP contribution < -0.4 is 5.19 Å². The van der Waals surface area contributed by atoms with E-state index in [0.717, 1.165) is 11.6 Å². The Morgan fingerprint density at radius 3 is 2.05 bits per heavy atom. The molecule has 0 saturated heterocycles. The van der Waals surface area contributed by atoms with Crippen molar-refractivity contribution in [2.24, 2.45) is 0 Å². The second kappa shape index (κ2) is 5.53. The molecular weight excluding hydrogens is 248 g/mol. The first-order valence-corrected chi connectivity index (χ1v) is 9.85. The molecule has 0 aromatic heterocycles. The van der Waals surface area contributed by atoms with E-state index in [1.807, 2.05) is 12.1 Å². The summed E-state index contributed by atoms with van der Waals surface area (Å²) in [6.45, 7) is 6.39. The van der Waals surface area contributed by atoms with Crippen LogP contribution in [-0.4, -0.2) is 13.9 Å². The van der Waals surface area contributed by atoms with Gasteiger partial charge in [0.2, 0.25) is 0 Å². The maximum Gasteiger partial charge on any atom is 0.159 e. The van der Waals surface area contributed by atoms with Crippen LogP contribution in [0.3, 0.4) is 0 Å². The first kappa shape index (κ1) is 13.8. The van der Waals surface area contributed by atoms with Crippen LogP contribution in [0.15, 0.2) is 54.6 Å². The van der Waals surface area contributed by atoms with Gasteiger partial charge in [-0.2, -0.15) is 0 Å². The van der Waals surface area contributed by atoms with E-state index in [9.17, 15) is 4.79 Å². The molecule has 19 heavy (non-hydrogen) atoms. The molecule has 2 aromatic rings. The van der Waals surface area contributed by atoms with Gasteiger partial charge in [0, 0.05) is 5.56 Å². The summed E-state index contributed by atoms with van der Waals surface area (Å²) in [5.41, 5.74) is 2.12. The molecule has 0 aliphatic heterocycles. The molecule has 0 amide bonds. The number of hydrogen-bond acceptors (Lipinski definition) is 1. The highest BCUT2D eigenvalue weighted by Crippen LogP contribution is 2.13. The van der Waals surface area contributed by atoms with Gasteiger partial charge in [-0.15, -0.1) is 0 Å². The fourth-order valence-corrected chi connectivity index (χ4v) is 4.91. The third-order valence-electron chi connectivity index (χ3n) is 3.56. The second-order valence-corrected chi connectivity index (χ2v) is 10.4. The van der Waals surface area contributed by atoms with E-state index in [0.29, 0.717) is 0 Å². The van der Waals surface area contributed by atoms with Gasteiger partial charge in [0.25, 0.3) is 0 Å². The van der Waals surface area contributed by atoms with E-state index >= 15 is 0 Å². The normalized spacial score (nSPS) is 11.3. The molecule has 0 atom stereocenters. The summed E-state index contributed by atoms with van der Waals surface area (Å²) in [4.78, 5) is 11.3. The van der Waals surface area contributed by atoms with Crippen molar-refractivity contribution < 1.29 is 4.79 Å². The zero-order chi connectivity index (χ0) is 13.9. The van der Waals surface area contributed by atoms with Crippen LogP contribution in [-0.2, 0) is 6.04 Å². The van der Waals surface area contributed by atoms with Gasteiger partial charge in [-0.1, -0.05) is 78.4 Å². The quantitative estimate of drug-likeness (QED) is 0.612. The molecule has 0 fully saturated rings. The van der Waals surface area contributed by atoms with Crippen LogP contribution in [0.4, 0.5) is 0 Å². The summed E-state index contributed by atoms with van der Waals surface area (Å²) in [6.07, 6.45) is 0. The molecular formula is C17H20OSi. The maximum absolute atomic E-state index is 11.3. The zero-order valence-electron chi connectivity index (χ0n) is 11.8. The van der Waals surface area contributed by atoms with Crippen LogP contribution in [0.5, 0.6) is 0 Å². The third-order valence-corrected chi connectivity index (χ3v) is 6.75. The van der Waals surface area contributed by atoms with Crippen molar-refractivity contribution in [2.45, 2.75) is 26.1 Å². The van der Waals surface area contributed by atoms with Crippen molar-refractivity contribution in [3.8, 4) is 0 Å². The lowest BCUT2D eigenvalue weighted by molar-refractivity contribution is 0.101. The van der Waals surface area contributed by atoms with Crippen molar-refractivity contribution in [3.63, 3.8) is 0 Å². The Morgan fingerprint density at radius 1 is 0.947 bits per heavy atom. The van der Waals surface area contributed by atoms with E-state index in [2.05, 4.69) is 55.6 Å². The highest BCUT2D eigenvalue weighted by Gasteiger charge is 2.23.